The van der Waals surface area contributed by atoms with Crippen LogP contribution >= 0.6 is 23.1 Å². The molecule has 1 unspecified atom stereocenters. The molecule has 1 aromatic heterocycles. The number of rotatable bonds is 5. The molecule has 0 N–H and O–H groups in total. The lowest BCUT2D eigenvalue weighted by atomic mass is 10.2. The predicted octanol–water partition coefficient (Wildman–Crippen LogP) is 3.38. The summed E-state index contributed by atoms with van der Waals surface area (Å²) in [5.74, 6) is 0.0598. The van der Waals surface area contributed by atoms with Gasteiger partial charge in [-0.25, -0.2) is 8.42 Å². The third-order valence-electron chi connectivity index (χ3n) is 4.54. The van der Waals surface area contributed by atoms with Gasteiger partial charge in [0.1, 0.15) is 4.21 Å². The van der Waals surface area contributed by atoms with Crippen LogP contribution in [0.2, 0.25) is 0 Å². The highest BCUT2D eigenvalue weighted by Gasteiger charge is 2.32. The number of amides is 1. The maximum absolute atomic E-state index is 12.7. The molecule has 1 atom stereocenters. The number of carbonyl (C=O) groups excluding carboxylic acids is 1. The van der Waals surface area contributed by atoms with E-state index in [1.807, 2.05) is 51.1 Å². The van der Waals surface area contributed by atoms with Gasteiger partial charge in [0.05, 0.1) is 5.25 Å². The van der Waals surface area contributed by atoms with E-state index in [2.05, 4.69) is 0 Å². The second-order valence-corrected chi connectivity index (χ2v) is 11.5. The monoisotopic (exact) mass is 424 g/mol. The van der Waals surface area contributed by atoms with Gasteiger partial charge in [0.2, 0.25) is 5.91 Å². The Balaban J connectivity index is 1.58. The fourth-order valence-corrected chi connectivity index (χ4v) is 6.77. The number of piperazine rings is 1. The molecular formula is C19H24N2O3S3. The first-order valence-corrected chi connectivity index (χ1v) is 12.0. The van der Waals surface area contributed by atoms with Crippen molar-refractivity contribution in [3.63, 3.8) is 0 Å². The predicted molar refractivity (Wildman–Crippen MR) is 111 cm³/mol. The molecule has 1 amide bonds. The van der Waals surface area contributed by atoms with Crippen molar-refractivity contribution in [1.29, 1.82) is 0 Å². The Morgan fingerprint density at radius 3 is 2.22 bits per heavy atom. The maximum Gasteiger partial charge on any atom is 0.252 e. The third kappa shape index (κ3) is 4.74. The van der Waals surface area contributed by atoms with Gasteiger partial charge in [-0.15, -0.1) is 23.1 Å². The first kappa shape index (κ1) is 20.4. The number of hydrogen-bond acceptors (Lipinski definition) is 5. The molecule has 1 aromatic carbocycles. The van der Waals surface area contributed by atoms with Gasteiger partial charge in [-0.05, 0) is 45.0 Å². The molecule has 1 aliphatic rings. The van der Waals surface area contributed by atoms with Gasteiger partial charge in [0, 0.05) is 36.0 Å². The van der Waals surface area contributed by atoms with E-state index in [0.717, 1.165) is 9.77 Å². The average molecular weight is 425 g/mol. The van der Waals surface area contributed by atoms with Crippen LogP contribution in [0.25, 0.3) is 0 Å². The summed E-state index contributed by atoms with van der Waals surface area (Å²) in [6.07, 6.45) is 0. The van der Waals surface area contributed by atoms with Crippen LogP contribution in [0, 0.1) is 13.8 Å². The van der Waals surface area contributed by atoms with Gasteiger partial charge in [-0.3, -0.25) is 4.79 Å². The number of hydrogen-bond donors (Lipinski definition) is 0. The van der Waals surface area contributed by atoms with Gasteiger partial charge >= 0.3 is 0 Å². The summed E-state index contributed by atoms with van der Waals surface area (Å²) in [5, 5.41) is -0.198. The van der Waals surface area contributed by atoms with Gasteiger partial charge in [0.15, 0.2) is 0 Å². The highest BCUT2D eigenvalue weighted by Crippen LogP contribution is 2.27. The van der Waals surface area contributed by atoms with E-state index in [9.17, 15) is 13.2 Å². The van der Waals surface area contributed by atoms with E-state index >= 15 is 0 Å². The summed E-state index contributed by atoms with van der Waals surface area (Å²) in [5.41, 5.74) is 1.19. The molecular weight excluding hydrogens is 400 g/mol. The molecule has 1 aliphatic heterocycles. The number of benzene rings is 1. The van der Waals surface area contributed by atoms with E-state index in [-0.39, 0.29) is 11.2 Å². The second-order valence-electron chi connectivity index (χ2n) is 6.67. The highest BCUT2D eigenvalue weighted by molar-refractivity contribution is 8.00. The minimum atomic E-state index is -3.45. The lowest BCUT2D eigenvalue weighted by molar-refractivity contribution is -0.131. The Morgan fingerprint density at radius 2 is 1.67 bits per heavy atom. The summed E-state index contributed by atoms with van der Waals surface area (Å²) in [6.45, 7) is 7.38. The van der Waals surface area contributed by atoms with Crippen LogP contribution in [0.3, 0.4) is 0 Å². The summed E-state index contributed by atoms with van der Waals surface area (Å²) in [6, 6.07) is 11.6. The van der Waals surface area contributed by atoms with Crippen molar-refractivity contribution < 1.29 is 13.2 Å². The molecule has 0 spiro atoms. The zero-order valence-electron chi connectivity index (χ0n) is 15.7. The Labute approximate surface area is 169 Å². The molecule has 0 aliphatic carbocycles. The number of sulfonamides is 1. The van der Waals surface area contributed by atoms with Gasteiger partial charge in [0.25, 0.3) is 10.0 Å². The molecule has 3 rings (SSSR count). The normalized spacial score (nSPS) is 17.1. The SMILES string of the molecule is Cc1ccc(SC(C)C(=O)N2CCN(S(=O)(=O)c3ccc(C)s3)CC2)cc1. The van der Waals surface area contributed by atoms with E-state index in [4.69, 9.17) is 0 Å². The molecule has 8 heteroatoms. The van der Waals surface area contributed by atoms with E-state index in [0.29, 0.717) is 30.4 Å². The molecule has 2 heterocycles. The first-order valence-electron chi connectivity index (χ1n) is 8.86. The van der Waals surface area contributed by atoms with Gasteiger partial charge < -0.3 is 4.90 Å². The Hall–Kier alpha value is -1.35. The standard InChI is InChI=1S/C19H24N2O3S3/c1-14-4-7-17(8-5-14)26-16(3)19(22)20-10-12-21(13-11-20)27(23,24)18-9-6-15(2)25-18/h4-9,16H,10-13H2,1-3H3. The average Bonchev–Trinajstić information content (AvgIpc) is 3.10. The summed E-state index contributed by atoms with van der Waals surface area (Å²) < 4.78 is 27.3. The smallest absolute Gasteiger partial charge is 0.252 e. The second kappa shape index (κ2) is 8.34. The lowest BCUT2D eigenvalue weighted by Gasteiger charge is -2.34. The van der Waals surface area contributed by atoms with Crippen molar-refractivity contribution in [3.8, 4) is 0 Å². The molecule has 1 saturated heterocycles. The highest BCUT2D eigenvalue weighted by atomic mass is 32.2. The lowest BCUT2D eigenvalue weighted by Crippen LogP contribution is -2.52. The van der Waals surface area contributed by atoms with Crippen LogP contribution in [-0.4, -0.2) is 55.0 Å². The van der Waals surface area contributed by atoms with Gasteiger partial charge in [-0.2, -0.15) is 4.31 Å². The topological polar surface area (TPSA) is 57.7 Å². The van der Waals surface area contributed by atoms with Gasteiger partial charge in [-0.1, -0.05) is 17.7 Å². The summed E-state index contributed by atoms with van der Waals surface area (Å²) in [4.78, 5) is 16.6. The van der Waals surface area contributed by atoms with Crippen LogP contribution in [0.15, 0.2) is 45.5 Å². The Morgan fingerprint density at radius 1 is 1.04 bits per heavy atom. The summed E-state index contributed by atoms with van der Waals surface area (Å²) >= 11 is 2.83. The van der Waals surface area contributed by atoms with E-state index < -0.39 is 10.0 Å². The Bertz CT molecular complexity index is 899. The van der Waals surface area contributed by atoms with Crippen LogP contribution in [0.5, 0.6) is 0 Å². The number of nitrogens with zero attached hydrogens (tertiary/aromatic N) is 2. The number of thioether (sulfide) groups is 1. The Kier molecular flexibility index (Phi) is 6.30. The minimum Gasteiger partial charge on any atom is -0.339 e. The zero-order valence-corrected chi connectivity index (χ0v) is 18.2. The molecule has 5 nitrogen and oxygen atoms in total. The van der Waals surface area contributed by atoms with Crippen molar-refractivity contribution >= 4 is 39.0 Å². The number of thiophene rings is 1. The van der Waals surface area contributed by atoms with Crippen LogP contribution in [0.4, 0.5) is 0 Å². The van der Waals surface area contributed by atoms with Crippen molar-refractivity contribution in [3.05, 3.63) is 46.8 Å². The minimum absolute atomic E-state index is 0.0598. The van der Waals surface area contributed by atoms with E-state index in [1.165, 1.54) is 33.0 Å². The molecule has 0 radical (unpaired) electrons. The summed E-state index contributed by atoms with van der Waals surface area (Å²) in [7, 11) is -3.45. The molecule has 146 valence electrons. The molecule has 0 saturated carbocycles. The van der Waals surface area contributed by atoms with Crippen molar-refractivity contribution in [2.75, 3.05) is 26.2 Å². The fourth-order valence-electron chi connectivity index (χ4n) is 2.96. The molecule has 27 heavy (non-hydrogen) atoms. The van der Waals surface area contributed by atoms with E-state index in [1.54, 1.807) is 11.0 Å². The van der Waals surface area contributed by atoms with Crippen LogP contribution in [0.1, 0.15) is 17.4 Å². The molecule has 0 bridgehead atoms. The molecule has 2 aromatic rings. The van der Waals surface area contributed by atoms with Crippen LogP contribution < -0.4 is 0 Å². The largest absolute Gasteiger partial charge is 0.339 e. The zero-order chi connectivity index (χ0) is 19.6. The first-order chi connectivity index (χ1) is 12.8. The van der Waals surface area contributed by atoms with Crippen LogP contribution in [-0.2, 0) is 14.8 Å². The molecule has 1 fully saturated rings. The third-order valence-corrected chi connectivity index (χ3v) is 9.01. The van der Waals surface area contributed by atoms with Crippen molar-refractivity contribution in [2.24, 2.45) is 0 Å². The fraction of sp³-hybridized carbons (Fsp3) is 0.421. The number of aryl methyl sites for hydroxylation is 2. The maximum atomic E-state index is 12.7. The quantitative estimate of drug-likeness (QED) is 0.691. The van der Waals surface area contributed by atoms with Crippen molar-refractivity contribution in [1.82, 2.24) is 9.21 Å². The van der Waals surface area contributed by atoms with Crippen molar-refractivity contribution in [2.45, 2.75) is 35.1 Å². The number of carbonyl (C=O) groups is 1.